The molecule has 0 atom stereocenters. The number of hydrogen-bond donors (Lipinski definition) is 2. The Labute approximate surface area is 106 Å². The highest BCUT2D eigenvalue weighted by atomic mass is 32.7. The van der Waals surface area contributed by atoms with E-state index in [0.29, 0.717) is 11.5 Å². The number of benzene rings is 2. The second-order valence-corrected chi connectivity index (χ2v) is 6.31. The van der Waals surface area contributed by atoms with Gasteiger partial charge >= 0.3 is 6.71 Å². The zero-order valence-corrected chi connectivity index (χ0v) is 10.8. The van der Waals surface area contributed by atoms with E-state index in [1.807, 2.05) is 36.4 Å². The van der Waals surface area contributed by atoms with Crippen molar-refractivity contribution < 1.29 is 9.05 Å². The molecule has 1 N–H and O–H groups in total. The summed E-state index contributed by atoms with van der Waals surface area (Å²) in [7, 11) is 0. The first-order chi connectivity index (χ1) is 8.16. The first kappa shape index (κ1) is 12.1. The smallest absolute Gasteiger partial charge is 0.370 e. The van der Waals surface area contributed by atoms with Crippen LogP contribution in [0.15, 0.2) is 60.7 Å². The van der Waals surface area contributed by atoms with Crippen molar-refractivity contribution in [3.05, 3.63) is 60.7 Å². The summed E-state index contributed by atoms with van der Waals surface area (Å²) >= 11 is 4.14. The zero-order valence-electron chi connectivity index (χ0n) is 8.98. The molecule has 0 bridgehead atoms. The maximum Gasteiger partial charge on any atom is 0.370 e. The molecule has 0 heterocycles. The fourth-order valence-electron chi connectivity index (χ4n) is 1.27. The lowest BCUT2D eigenvalue weighted by Gasteiger charge is -2.18. The fraction of sp³-hybridized carbons (Fsp3) is 0. The summed E-state index contributed by atoms with van der Waals surface area (Å²) in [5.74, 6) is 1.17. The maximum atomic E-state index is 7.93. The number of hydrogen-bond acceptors (Lipinski definition) is 3. The van der Waals surface area contributed by atoms with Gasteiger partial charge in [0.25, 0.3) is 0 Å². The summed E-state index contributed by atoms with van der Waals surface area (Å²) in [6, 6.07) is 18.2. The second-order valence-electron chi connectivity index (χ2n) is 3.33. The Bertz CT molecular complexity index is 473. The molecule has 0 radical (unpaired) electrons. The van der Waals surface area contributed by atoms with E-state index in [9.17, 15) is 0 Å². The van der Waals surface area contributed by atoms with Crippen LogP contribution in [0.5, 0.6) is 11.5 Å². The Kier molecular flexibility index (Phi) is 3.77. The van der Waals surface area contributed by atoms with E-state index < -0.39 is 6.71 Å². The van der Waals surface area contributed by atoms with E-state index in [1.165, 1.54) is 0 Å². The van der Waals surface area contributed by atoms with E-state index in [1.54, 1.807) is 24.3 Å². The topological polar surface area (TPSA) is 42.3 Å². The first-order valence-electron chi connectivity index (χ1n) is 5.02. The molecule has 2 aromatic rings. The van der Waals surface area contributed by atoms with Crippen LogP contribution in [0.1, 0.15) is 0 Å². The third-order valence-electron chi connectivity index (χ3n) is 1.94. The van der Waals surface area contributed by atoms with Gasteiger partial charge in [-0.25, -0.2) is 5.16 Å². The number of para-hydroxylation sites is 2. The molecule has 0 aliphatic carbocycles. The molecule has 3 nitrogen and oxygen atoms in total. The van der Waals surface area contributed by atoms with Gasteiger partial charge in [-0.1, -0.05) is 48.6 Å². The van der Waals surface area contributed by atoms with E-state index in [2.05, 4.69) is 12.2 Å². The van der Waals surface area contributed by atoms with Crippen LogP contribution in [0.2, 0.25) is 0 Å². The third-order valence-corrected chi connectivity index (χ3v) is 3.35. The van der Waals surface area contributed by atoms with Gasteiger partial charge in [0.05, 0.1) is 0 Å². The molecule has 2 aromatic carbocycles. The summed E-state index contributed by atoms with van der Waals surface area (Å²) in [6.45, 7) is -2.94. The van der Waals surface area contributed by atoms with Gasteiger partial charge < -0.3 is 9.05 Å². The van der Waals surface area contributed by atoms with Crippen LogP contribution < -0.4 is 9.05 Å². The van der Waals surface area contributed by atoms with Crippen LogP contribution in [-0.4, -0.2) is 0 Å². The predicted octanol–water partition coefficient (Wildman–Crippen LogP) is 4.60. The van der Waals surface area contributed by atoms with E-state index in [-0.39, 0.29) is 0 Å². The van der Waals surface area contributed by atoms with Crippen molar-refractivity contribution >= 4 is 19.0 Å². The molecule has 17 heavy (non-hydrogen) atoms. The van der Waals surface area contributed by atoms with Crippen molar-refractivity contribution in [3.63, 3.8) is 0 Å². The molecule has 0 saturated carbocycles. The Balaban J connectivity index is 2.07. The molecule has 0 aliphatic heterocycles. The highest BCUT2D eigenvalue weighted by Gasteiger charge is 2.16. The Morgan fingerprint density at radius 1 is 0.765 bits per heavy atom. The van der Waals surface area contributed by atoms with Crippen LogP contribution in [0, 0.1) is 5.16 Å². The minimum atomic E-state index is -2.94. The summed E-state index contributed by atoms with van der Waals surface area (Å²) in [6.07, 6.45) is 0. The lowest BCUT2D eigenvalue weighted by Crippen LogP contribution is -1.94. The molecule has 88 valence electrons. The zero-order chi connectivity index (χ0) is 12.1. The van der Waals surface area contributed by atoms with Crippen LogP contribution in [-0.2, 0) is 0 Å². The third kappa shape index (κ3) is 3.84. The monoisotopic (exact) mass is 265 g/mol. The number of nitrogens with one attached hydrogen (secondary N) is 1. The molecule has 0 unspecified atom stereocenters. The highest BCUT2D eigenvalue weighted by Crippen LogP contribution is 2.53. The first-order valence-corrected chi connectivity index (χ1v) is 7.80. The van der Waals surface area contributed by atoms with E-state index >= 15 is 0 Å². The predicted molar refractivity (Wildman–Crippen MR) is 72.8 cm³/mol. The standard InChI is InChI=1S/C12H12NO2PS/c13-16(17,14-11-7-3-1-4-8-11)15-12-9-5-2-6-10-12/h1-10H,(H2,13,17). The molecule has 0 fully saturated rings. The van der Waals surface area contributed by atoms with Crippen molar-refractivity contribution in [3.8, 4) is 11.5 Å². The Morgan fingerprint density at radius 3 is 1.47 bits per heavy atom. The summed E-state index contributed by atoms with van der Waals surface area (Å²) in [5, 5.41) is 7.93. The maximum absolute atomic E-state index is 7.93. The summed E-state index contributed by atoms with van der Waals surface area (Å²) in [5.41, 5.74) is 0. The summed E-state index contributed by atoms with van der Waals surface area (Å²) in [4.78, 5) is 0. The van der Waals surface area contributed by atoms with Crippen molar-refractivity contribution in [1.82, 2.24) is 0 Å². The lowest BCUT2D eigenvalue weighted by atomic mass is 10.3. The average Bonchev–Trinajstić information content (AvgIpc) is 2.30. The van der Waals surface area contributed by atoms with Gasteiger partial charge in [-0.3, -0.25) is 0 Å². The molecule has 0 aromatic heterocycles. The van der Waals surface area contributed by atoms with Gasteiger partial charge in [-0.05, 0) is 24.3 Å². The molecular formula is C12H12NO2PS. The molecule has 5 heteroatoms. The Morgan fingerprint density at radius 2 is 1.12 bits per heavy atom. The van der Waals surface area contributed by atoms with Crippen LogP contribution in [0.25, 0.3) is 0 Å². The van der Waals surface area contributed by atoms with Crippen molar-refractivity contribution in [2.45, 2.75) is 0 Å². The lowest BCUT2D eigenvalue weighted by molar-refractivity contribution is 0.492. The fourth-order valence-corrected chi connectivity index (χ4v) is 2.68. The van der Waals surface area contributed by atoms with E-state index in [4.69, 9.17) is 14.2 Å². The minimum absolute atomic E-state index is 0.585. The largest absolute Gasteiger partial charge is 0.423 e. The van der Waals surface area contributed by atoms with E-state index in [0.717, 1.165) is 0 Å². The van der Waals surface area contributed by atoms with Crippen molar-refractivity contribution in [2.24, 2.45) is 0 Å². The minimum Gasteiger partial charge on any atom is -0.423 e. The van der Waals surface area contributed by atoms with Gasteiger partial charge in [0.15, 0.2) is 0 Å². The van der Waals surface area contributed by atoms with Gasteiger partial charge in [0.2, 0.25) is 0 Å². The second kappa shape index (κ2) is 5.30. The molecule has 0 amide bonds. The van der Waals surface area contributed by atoms with Gasteiger partial charge in [-0.15, -0.1) is 0 Å². The van der Waals surface area contributed by atoms with Crippen molar-refractivity contribution in [2.75, 3.05) is 0 Å². The number of rotatable bonds is 4. The highest BCUT2D eigenvalue weighted by molar-refractivity contribution is 8.45. The average molecular weight is 265 g/mol. The van der Waals surface area contributed by atoms with Crippen LogP contribution >= 0.6 is 19.0 Å². The molecule has 2 rings (SSSR count). The molecular weight excluding hydrogens is 253 g/mol. The molecule has 0 spiro atoms. The quantitative estimate of drug-likeness (QED) is 0.626. The normalized spacial score (nSPS) is 10.9. The van der Waals surface area contributed by atoms with Crippen LogP contribution in [0.3, 0.4) is 0 Å². The van der Waals surface area contributed by atoms with Gasteiger partial charge in [-0.2, -0.15) is 0 Å². The number of thiol groups is 1. The molecule has 0 aliphatic rings. The van der Waals surface area contributed by atoms with Gasteiger partial charge in [0.1, 0.15) is 11.5 Å². The Hall–Kier alpha value is -1.38. The SMILES string of the molecule is N=P(S)(Oc1ccccc1)Oc1ccccc1. The van der Waals surface area contributed by atoms with Gasteiger partial charge in [0, 0.05) is 0 Å². The molecule has 0 saturated heterocycles. The van der Waals surface area contributed by atoms with Crippen molar-refractivity contribution in [1.29, 1.82) is 5.16 Å². The summed E-state index contributed by atoms with van der Waals surface area (Å²) < 4.78 is 10.9. The van der Waals surface area contributed by atoms with Crippen LogP contribution in [0.4, 0.5) is 0 Å².